The van der Waals surface area contributed by atoms with E-state index in [9.17, 15) is 25.2 Å². The number of hydrogen-bond acceptors (Lipinski definition) is 6. The fraction of sp³-hybridized carbons (Fsp3) is 0.261. The van der Waals surface area contributed by atoms with Gasteiger partial charge in [0.15, 0.2) is 11.3 Å². The summed E-state index contributed by atoms with van der Waals surface area (Å²) in [5.41, 5.74) is 1.78. The Bertz CT molecular complexity index is 1240. The molecule has 0 amide bonds. The second-order valence-corrected chi connectivity index (χ2v) is 7.61. The maximum absolute atomic E-state index is 13.1. The Morgan fingerprint density at radius 3 is 2.14 bits per heavy atom. The molecule has 0 aliphatic carbocycles. The number of fused-ring (bicyclic) bond motifs is 2. The predicted octanol–water partition coefficient (Wildman–Crippen LogP) is 4.79. The van der Waals surface area contributed by atoms with Gasteiger partial charge in [-0.25, -0.2) is 0 Å². The summed E-state index contributed by atoms with van der Waals surface area (Å²) in [6.07, 6.45) is 4.25. The minimum Gasteiger partial charge on any atom is -0.507 e. The molecule has 3 rings (SSSR count). The van der Waals surface area contributed by atoms with Crippen LogP contribution in [0.15, 0.2) is 44.6 Å². The minimum atomic E-state index is -0.550. The molecule has 0 saturated carbocycles. The molecule has 0 spiro atoms. The molecule has 6 nitrogen and oxygen atoms in total. The van der Waals surface area contributed by atoms with E-state index in [2.05, 4.69) is 0 Å². The number of benzene rings is 2. The third kappa shape index (κ3) is 3.66. The number of hydrogen-bond donors (Lipinski definition) is 4. The minimum absolute atomic E-state index is 0.0408. The van der Waals surface area contributed by atoms with Crippen LogP contribution in [0.5, 0.6) is 23.0 Å². The van der Waals surface area contributed by atoms with E-state index in [0.717, 1.165) is 11.1 Å². The Labute approximate surface area is 167 Å². The Morgan fingerprint density at radius 2 is 1.52 bits per heavy atom. The van der Waals surface area contributed by atoms with Crippen molar-refractivity contribution < 1.29 is 24.8 Å². The van der Waals surface area contributed by atoms with Crippen molar-refractivity contribution in [3.05, 3.63) is 56.8 Å². The second kappa shape index (κ2) is 7.54. The number of phenolic OH excluding ortho intramolecular Hbond substituents is 4. The Balaban J connectivity index is 2.36. The Hall–Kier alpha value is -3.41. The van der Waals surface area contributed by atoms with Gasteiger partial charge in [-0.15, -0.1) is 0 Å². The van der Waals surface area contributed by atoms with E-state index in [0.29, 0.717) is 12.0 Å². The number of phenols is 4. The molecule has 0 aliphatic heterocycles. The van der Waals surface area contributed by atoms with Crippen molar-refractivity contribution in [1.29, 1.82) is 0 Å². The molecule has 2 aromatic carbocycles. The summed E-state index contributed by atoms with van der Waals surface area (Å²) >= 11 is 0. The predicted molar refractivity (Wildman–Crippen MR) is 113 cm³/mol. The number of rotatable bonds is 4. The van der Waals surface area contributed by atoms with Gasteiger partial charge >= 0.3 is 0 Å². The number of allylic oxidation sites excluding steroid dienone is 4. The molecule has 0 radical (unpaired) electrons. The van der Waals surface area contributed by atoms with Gasteiger partial charge < -0.3 is 24.8 Å². The fourth-order valence-electron chi connectivity index (χ4n) is 3.16. The standard InChI is InChI=1S/C23H24O6/c1-11(2)5-7-13-9-15-21(27)18-17(29-23(15)22(28)19(13)25)10-16(24)14(20(18)26)8-6-12(3)4/h5-6,9-10,24-26,28H,7-8H2,1-4H3. The highest BCUT2D eigenvalue weighted by Gasteiger charge is 2.22. The van der Waals surface area contributed by atoms with E-state index in [1.54, 1.807) is 0 Å². The summed E-state index contributed by atoms with van der Waals surface area (Å²) in [6, 6.07) is 2.69. The smallest absolute Gasteiger partial charge is 0.204 e. The first kappa shape index (κ1) is 20.3. The fourth-order valence-corrected chi connectivity index (χ4v) is 3.16. The van der Waals surface area contributed by atoms with Crippen LogP contribution in [0.4, 0.5) is 0 Å². The molecule has 0 fully saturated rings. The van der Waals surface area contributed by atoms with Crippen LogP contribution in [-0.2, 0) is 12.8 Å². The quantitative estimate of drug-likeness (QED) is 0.287. The number of aromatic hydroxyl groups is 4. The highest BCUT2D eigenvalue weighted by molar-refractivity contribution is 5.97. The summed E-state index contributed by atoms with van der Waals surface area (Å²) in [5, 5.41) is 41.6. The van der Waals surface area contributed by atoms with E-state index in [1.807, 2.05) is 39.8 Å². The van der Waals surface area contributed by atoms with Gasteiger partial charge in [-0.2, -0.15) is 0 Å². The monoisotopic (exact) mass is 396 g/mol. The molecule has 3 aromatic rings. The summed E-state index contributed by atoms with van der Waals surface area (Å²) < 4.78 is 5.60. The molecule has 4 N–H and O–H groups in total. The van der Waals surface area contributed by atoms with Crippen LogP contribution >= 0.6 is 0 Å². The topological polar surface area (TPSA) is 111 Å². The molecule has 0 bridgehead atoms. The SMILES string of the molecule is CC(C)=CCc1cc2c(=O)c3c(O)c(CC=C(C)C)c(O)cc3oc2c(O)c1O. The van der Waals surface area contributed by atoms with Gasteiger partial charge in [0, 0.05) is 17.2 Å². The van der Waals surface area contributed by atoms with E-state index >= 15 is 0 Å². The molecule has 0 unspecified atom stereocenters. The molecule has 1 heterocycles. The first-order valence-corrected chi connectivity index (χ1v) is 9.26. The molecule has 1 aromatic heterocycles. The average Bonchev–Trinajstić information content (AvgIpc) is 2.63. The van der Waals surface area contributed by atoms with Gasteiger partial charge in [0.25, 0.3) is 0 Å². The molecule has 29 heavy (non-hydrogen) atoms. The van der Waals surface area contributed by atoms with Gasteiger partial charge in [-0.3, -0.25) is 4.79 Å². The first-order valence-electron chi connectivity index (χ1n) is 9.26. The molecular weight excluding hydrogens is 372 g/mol. The maximum Gasteiger partial charge on any atom is 0.204 e. The zero-order valence-electron chi connectivity index (χ0n) is 16.8. The lowest BCUT2D eigenvalue weighted by Gasteiger charge is -2.12. The largest absolute Gasteiger partial charge is 0.507 e. The van der Waals surface area contributed by atoms with Gasteiger partial charge in [-0.05, 0) is 46.6 Å². The van der Waals surface area contributed by atoms with E-state index < -0.39 is 11.2 Å². The van der Waals surface area contributed by atoms with Crippen LogP contribution in [0, 0.1) is 0 Å². The zero-order chi connectivity index (χ0) is 21.5. The lowest BCUT2D eigenvalue weighted by atomic mass is 10.0. The first-order chi connectivity index (χ1) is 13.6. The highest BCUT2D eigenvalue weighted by atomic mass is 16.4. The summed E-state index contributed by atoms with van der Waals surface area (Å²) in [6.45, 7) is 7.58. The third-order valence-corrected chi connectivity index (χ3v) is 4.78. The summed E-state index contributed by atoms with van der Waals surface area (Å²) in [5.74, 6) is -1.50. The normalized spacial score (nSPS) is 11.0. The van der Waals surface area contributed by atoms with Gasteiger partial charge in [0.1, 0.15) is 22.5 Å². The molecule has 0 aliphatic rings. The van der Waals surface area contributed by atoms with Crippen molar-refractivity contribution in [3.63, 3.8) is 0 Å². The van der Waals surface area contributed by atoms with Gasteiger partial charge in [-0.1, -0.05) is 23.3 Å². The molecule has 6 heteroatoms. The molecule has 0 atom stereocenters. The van der Waals surface area contributed by atoms with Crippen LogP contribution in [0.25, 0.3) is 21.9 Å². The summed E-state index contributed by atoms with van der Waals surface area (Å²) in [4.78, 5) is 13.1. The van der Waals surface area contributed by atoms with E-state index in [-0.39, 0.29) is 51.2 Å². The van der Waals surface area contributed by atoms with Crippen molar-refractivity contribution in [2.24, 2.45) is 0 Å². The van der Waals surface area contributed by atoms with Crippen molar-refractivity contribution in [3.8, 4) is 23.0 Å². The molecular formula is C23H24O6. The van der Waals surface area contributed by atoms with Crippen LogP contribution in [0.2, 0.25) is 0 Å². The average molecular weight is 396 g/mol. The van der Waals surface area contributed by atoms with E-state index in [1.165, 1.54) is 12.1 Å². The van der Waals surface area contributed by atoms with Crippen molar-refractivity contribution in [2.75, 3.05) is 0 Å². The lowest BCUT2D eigenvalue weighted by Crippen LogP contribution is -2.05. The van der Waals surface area contributed by atoms with Gasteiger partial charge in [0.05, 0.1) is 5.39 Å². The second-order valence-electron chi connectivity index (χ2n) is 7.61. The zero-order valence-corrected chi connectivity index (χ0v) is 16.8. The Kier molecular flexibility index (Phi) is 5.29. The van der Waals surface area contributed by atoms with Crippen molar-refractivity contribution >= 4 is 21.9 Å². The lowest BCUT2D eigenvalue weighted by molar-refractivity contribution is 0.397. The molecule has 0 saturated heterocycles. The maximum atomic E-state index is 13.1. The van der Waals surface area contributed by atoms with Crippen LogP contribution < -0.4 is 5.43 Å². The van der Waals surface area contributed by atoms with Crippen LogP contribution in [-0.4, -0.2) is 20.4 Å². The Morgan fingerprint density at radius 1 is 0.897 bits per heavy atom. The van der Waals surface area contributed by atoms with Crippen molar-refractivity contribution in [2.45, 2.75) is 40.5 Å². The molecule has 152 valence electrons. The summed E-state index contributed by atoms with van der Waals surface area (Å²) in [7, 11) is 0. The van der Waals surface area contributed by atoms with E-state index in [4.69, 9.17) is 4.42 Å². The van der Waals surface area contributed by atoms with Crippen molar-refractivity contribution in [1.82, 2.24) is 0 Å². The van der Waals surface area contributed by atoms with Crippen LogP contribution in [0.3, 0.4) is 0 Å². The van der Waals surface area contributed by atoms with Crippen LogP contribution in [0.1, 0.15) is 38.8 Å². The highest BCUT2D eigenvalue weighted by Crippen LogP contribution is 2.41. The van der Waals surface area contributed by atoms with Gasteiger partial charge in [0.2, 0.25) is 11.2 Å². The third-order valence-electron chi connectivity index (χ3n) is 4.78.